The first-order valence-electron chi connectivity index (χ1n) is 10.5. The second-order valence-electron chi connectivity index (χ2n) is 8.69. The molecule has 34 heteroatoms. The van der Waals surface area contributed by atoms with Crippen LogP contribution in [0.2, 0.25) is 0 Å². The van der Waals surface area contributed by atoms with Gasteiger partial charge >= 0.3 is 93.3 Å². The van der Waals surface area contributed by atoms with Crippen molar-refractivity contribution in [3.8, 4) is 0 Å². The van der Waals surface area contributed by atoms with Crippen molar-refractivity contribution in [1.82, 2.24) is 0 Å². The Hall–Kier alpha value is -2.17. The molecule has 0 bridgehead atoms. The van der Waals surface area contributed by atoms with Crippen LogP contribution in [0.1, 0.15) is 0 Å². The molecular formula is C17F29IO3S+. The van der Waals surface area contributed by atoms with E-state index in [-0.39, 0.29) is 0 Å². The summed E-state index contributed by atoms with van der Waals surface area (Å²) in [5, 5.41) is 0. The van der Waals surface area contributed by atoms with Crippen molar-refractivity contribution >= 4 is 10.1 Å². The van der Waals surface area contributed by atoms with Gasteiger partial charge in [0.25, 0.3) is 3.57 Å². The fourth-order valence-corrected chi connectivity index (χ4v) is 9.28. The van der Waals surface area contributed by atoms with Crippen LogP contribution in [0.5, 0.6) is 0 Å². The quantitative estimate of drug-likeness (QED) is 0.0628. The Kier molecular flexibility index (Phi) is 11.4. The summed E-state index contributed by atoms with van der Waals surface area (Å²) in [4.78, 5) is 0. The Balaban J connectivity index is 4.28. The molecule has 1 radical (unpaired) electrons. The third kappa shape index (κ3) is 6.25. The Labute approximate surface area is 264 Å². The molecule has 0 amide bonds. The molecule has 0 N–H and O–H groups in total. The second kappa shape index (κ2) is 12.4. The molecule has 1 aromatic rings. The van der Waals surface area contributed by atoms with E-state index in [0.717, 1.165) is 0 Å². The number of alkyl halides is 25. The summed E-state index contributed by atoms with van der Waals surface area (Å²) in [5.74, 6) is -95.9. The van der Waals surface area contributed by atoms with Gasteiger partial charge in [-0.25, -0.2) is 13.2 Å². The highest BCUT2D eigenvalue weighted by Crippen LogP contribution is 2.65. The zero-order chi connectivity index (χ0) is 41.7. The molecule has 3 nitrogen and oxygen atoms in total. The summed E-state index contributed by atoms with van der Waals surface area (Å²) >= 11 is -8.97. The standard InChI is InChI=1S/C17F29IO3S/c18-1-2(19)4(21)6(5(22)3(1)20)47(50-51(48,49)17(44,45)46)16(42,43)14(37,38)12(33,34)10(29,30)8(25,26)7(23,24)9(27,28)11(31,32)13(35,36)15(39,40)41/q+1. The number of hydrogen-bond acceptors (Lipinski definition) is 3. The first-order chi connectivity index (χ1) is 21.8. The largest absolute Gasteiger partial charge is 0.526 e. The van der Waals surface area contributed by atoms with E-state index >= 15 is 0 Å². The van der Waals surface area contributed by atoms with E-state index < -0.39 is 126 Å². The monoisotopic (exact) mass is 962 g/mol. The van der Waals surface area contributed by atoms with Crippen molar-refractivity contribution < 1.29 is 158 Å². The lowest BCUT2D eigenvalue weighted by Crippen LogP contribution is -3.91. The van der Waals surface area contributed by atoms with Crippen LogP contribution >= 0.6 is 0 Å². The fraction of sp³-hybridized carbons (Fsp3) is 0.647. The Bertz CT molecular complexity index is 1580. The fourth-order valence-electron chi connectivity index (χ4n) is 2.68. The van der Waals surface area contributed by atoms with E-state index in [4.69, 9.17) is 0 Å². The summed E-state index contributed by atoms with van der Waals surface area (Å²) in [6.45, 7) is 0. The molecule has 0 saturated carbocycles. The predicted octanol–water partition coefficient (Wildman–Crippen LogP) is 6.20. The summed E-state index contributed by atoms with van der Waals surface area (Å²) in [6, 6.07) is 0. The minimum absolute atomic E-state index is 2.20. The zero-order valence-electron chi connectivity index (χ0n) is 21.5. The molecule has 301 valence electrons. The molecule has 51 heavy (non-hydrogen) atoms. The van der Waals surface area contributed by atoms with Crippen molar-refractivity contribution in [2.75, 3.05) is 0 Å². The van der Waals surface area contributed by atoms with Crippen LogP contribution in [0.15, 0.2) is 0 Å². The minimum Gasteiger partial charge on any atom is -0.200 e. The molecule has 0 saturated heterocycles. The van der Waals surface area contributed by atoms with Crippen molar-refractivity contribution in [3.63, 3.8) is 0 Å². The maximum absolute atomic E-state index is 14.8. The van der Waals surface area contributed by atoms with Crippen LogP contribution in [-0.2, 0) is 12.6 Å². The number of rotatable bonds is 12. The molecular weight excluding hydrogens is 962 g/mol. The van der Waals surface area contributed by atoms with Gasteiger partial charge < -0.3 is 0 Å². The van der Waals surface area contributed by atoms with Gasteiger partial charge in [0, 0.05) is 0 Å². The van der Waals surface area contributed by atoms with E-state index in [0.29, 0.717) is 0 Å². The highest BCUT2D eigenvalue weighted by molar-refractivity contribution is 7.87. The lowest BCUT2D eigenvalue weighted by Gasteiger charge is -2.43. The van der Waals surface area contributed by atoms with Crippen molar-refractivity contribution in [2.45, 2.75) is 63.0 Å². The van der Waals surface area contributed by atoms with Crippen molar-refractivity contribution in [2.24, 2.45) is 0 Å². The average molecular weight is 962 g/mol. The van der Waals surface area contributed by atoms with Crippen LogP contribution in [0.4, 0.5) is 127 Å². The van der Waals surface area contributed by atoms with Crippen molar-refractivity contribution in [3.05, 3.63) is 32.7 Å². The third-order valence-electron chi connectivity index (χ3n) is 5.45. The average Bonchev–Trinajstić information content (AvgIpc) is 2.92. The molecule has 0 fully saturated rings. The van der Waals surface area contributed by atoms with Gasteiger partial charge in [-0.1, -0.05) is 0 Å². The van der Waals surface area contributed by atoms with Gasteiger partial charge in [-0.3, -0.25) is 0 Å². The van der Waals surface area contributed by atoms with E-state index in [1.54, 1.807) is 0 Å². The summed E-state index contributed by atoms with van der Waals surface area (Å²) in [6.07, 6.45) is -8.30. The van der Waals surface area contributed by atoms with Gasteiger partial charge in [0.1, 0.15) is 0 Å². The molecule has 0 unspecified atom stereocenters. The van der Waals surface area contributed by atoms with E-state index in [2.05, 4.69) is 2.51 Å². The number of benzene rings is 1. The van der Waals surface area contributed by atoms with Crippen LogP contribution < -0.4 is 20.2 Å². The molecule has 0 aromatic heterocycles. The maximum Gasteiger partial charge on any atom is 0.526 e. The lowest BCUT2D eigenvalue weighted by atomic mass is 9.87. The van der Waals surface area contributed by atoms with Gasteiger partial charge in [0.05, 0.1) is 0 Å². The zero-order valence-corrected chi connectivity index (χ0v) is 24.4. The lowest BCUT2D eigenvalue weighted by molar-refractivity contribution is -1.13. The second-order valence-corrected chi connectivity index (χ2v) is 15.1. The van der Waals surface area contributed by atoms with Crippen LogP contribution in [0, 0.1) is 32.7 Å². The number of hydrogen-bond donors (Lipinski definition) is 0. The van der Waals surface area contributed by atoms with Crippen LogP contribution in [0.25, 0.3) is 0 Å². The molecule has 0 spiro atoms. The van der Waals surface area contributed by atoms with Gasteiger partial charge in [0.15, 0.2) is 0 Å². The number of halogens is 30. The summed E-state index contributed by atoms with van der Waals surface area (Å²) in [5.41, 5.74) is -7.46. The first kappa shape index (κ1) is 46.9. The first-order valence-corrected chi connectivity index (χ1v) is 14.9. The van der Waals surface area contributed by atoms with E-state index in [9.17, 15) is 136 Å². The molecule has 1 aromatic carbocycles. The Morgan fingerprint density at radius 2 is 0.608 bits per heavy atom. The summed E-state index contributed by atoms with van der Waals surface area (Å²) < 4.78 is 404. The highest BCUT2D eigenvalue weighted by atomic mass is 127. The van der Waals surface area contributed by atoms with Crippen molar-refractivity contribution in [1.29, 1.82) is 0 Å². The van der Waals surface area contributed by atoms with E-state index in [1.807, 2.05) is 0 Å². The Morgan fingerprint density at radius 1 is 0.373 bits per heavy atom. The smallest absolute Gasteiger partial charge is 0.200 e. The van der Waals surface area contributed by atoms with Gasteiger partial charge in [-0.05, 0) is 2.51 Å². The highest BCUT2D eigenvalue weighted by Gasteiger charge is 2.99. The molecule has 1 rings (SSSR count). The minimum atomic E-state index is -9.82. The molecule has 0 aliphatic heterocycles. The van der Waals surface area contributed by atoms with E-state index in [1.165, 1.54) is 0 Å². The van der Waals surface area contributed by atoms with Gasteiger partial charge in [-0.15, -0.1) is 0 Å². The Morgan fingerprint density at radius 3 is 0.863 bits per heavy atom. The van der Waals surface area contributed by atoms with Crippen LogP contribution in [-0.4, -0.2) is 71.4 Å². The molecule has 0 atom stereocenters. The molecule has 0 aliphatic carbocycles. The topological polar surface area (TPSA) is 43.4 Å². The summed E-state index contributed by atoms with van der Waals surface area (Å²) in [7, 11) is -8.41. The van der Waals surface area contributed by atoms with Gasteiger partial charge in [0.2, 0.25) is 29.1 Å². The SMILES string of the molecule is O=S(=O)(O[I+](c1c(F)c(F)c(F)c(F)c1F)C(F)(F)C(F)(F)C(F)(F)C(F)(F)C(F)(F)C(F)(F)C(F)(F)C(F)(F)C(F)(F)C(F)(F)F)C(F)(F)F. The third-order valence-corrected chi connectivity index (χ3v) is 12.6. The predicted molar refractivity (Wildman–Crippen MR) is 91.6 cm³/mol. The normalized spacial score (nSPS) is 16.0. The molecule has 0 heterocycles. The van der Waals surface area contributed by atoms with Gasteiger partial charge in [-0.2, -0.15) is 123 Å². The molecule has 0 aliphatic rings. The van der Waals surface area contributed by atoms with Crippen LogP contribution in [0.3, 0.4) is 0 Å². The maximum atomic E-state index is 14.8.